The lowest BCUT2D eigenvalue weighted by Crippen LogP contribution is -2.41. The van der Waals surface area contributed by atoms with Crippen molar-refractivity contribution in [3.8, 4) is 0 Å². The largest absolute Gasteiger partial charge is 0.317 e. The molecule has 1 rings (SSSR count). The Balaban J connectivity index is 2.50. The maximum Gasteiger partial charge on any atom is 0.317 e. The van der Waals surface area contributed by atoms with E-state index in [9.17, 15) is 13.2 Å². The van der Waals surface area contributed by atoms with Crippen LogP contribution in [0, 0.1) is 0 Å². The molecule has 1 heterocycles. The summed E-state index contributed by atoms with van der Waals surface area (Å²) >= 11 is 0. The lowest BCUT2D eigenvalue weighted by atomic mass is 10.4. The highest BCUT2D eigenvalue weighted by Gasteiger charge is 2.33. The van der Waals surface area contributed by atoms with Crippen molar-refractivity contribution < 1.29 is 13.2 Å². The molecule has 1 amide bonds. The fourth-order valence-electron chi connectivity index (χ4n) is 0.879. The molecule has 0 aliphatic carbocycles. The molecule has 0 aromatic carbocycles. The van der Waals surface area contributed by atoms with Gasteiger partial charge in [-0.2, -0.15) is 8.42 Å². The molecule has 0 unspecified atom stereocenters. The molecule has 2 N–H and O–H groups in total. The van der Waals surface area contributed by atoms with Crippen LogP contribution in [-0.2, 0) is 15.0 Å². The van der Waals surface area contributed by atoms with Gasteiger partial charge in [-0.05, 0) is 6.42 Å². The molecule has 0 aromatic rings. The van der Waals surface area contributed by atoms with Crippen molar-refractivity contribution >= 4 is 16.1 Å². The van der Waals surface area contributed by atoms with Gasteiger partial charge in [-0.25, -0.2) is 10.1 Å². The molecule has 0 atom stereocenters. The van der Waals surface area contributed by atoms with E-state index in [2.05, 4.69) is 12.0 Å². The van der Waals surface area contributed by atoms with Gasteiger partial charge < -0.3 is 0 Å². The fraction of sp³-hybridized carbons (Fsp3) is 0.500. The van der Waals surface area contributed by atoms with Crippen molar-refractivity contribution in [3.05, 3.63) is 12.7 Å². The summed E-state index contributed by atoms with van der Waals surface area (Å²) in [6.07, 6.45) is 2.30. The van der Waals surface area contributed by atoms with Gasteiger partial charge in [0.05, 0.1) is 0 Å². The Morgan fingerprint density at radius 3 is 2.85 bits per heavy atom. The first-order chi connectivity index (χ1) is 6.06. The van der Waals surface area contributed by atoms with E-state index < -0.39 is 16.1 Å². The molecule has 1 fully saturated rings. The topological polar surface area (TPSA) is 78.5 Å². The Bertz CT molecular complexity index is 311. The highest BCUT2D eigenvalue weighted by molar-refractivity contribution is 7.88. The van der Waals surface area contributed by atoms with E-state index in [0.29, 0.717) is 13.0 Å². The molecule has 1 saturated heterocycles. The van der Waals surface area contributed by atoms with Crippen LogP contribution in [0.5, 0.6) is 0 Å². The molecule has 13 heavy (non-hydrogen) atoms. The first kappa shape index (κ1) is 10.2. The summed E-state index contributed by atoms with van der Waals surface area (Å²) in [5, 5.41) is 0. The zero-order valence-electron chi connectivity index (χ0n) is 6.99. The SMILES string of the molecule is C=CCCNN1CC(=O)NS1(=O)=O. The Morgan fingerprint density at radius 2 is 2.38 bits per heavy atom. The number of amides is 1. The maximum atomic E-state index is 11.1. The van der Waals surface area contributed by atoms with Crippen LogP contribution in [0.15, 0.2) is 12.7 Å². The van der Waals surface area contributed by atoms with Crippen LogP contribution in [0.4, 0.5) is 0 Å². The second kappa shape index (κ2) is 3.86. The predicted molar refractivity (Wildman–Crippen MR) is 46.6 cm³/mol. The van der Waals surface area contributed by atoms with Gasteiger partial charge in [0.1, 0.15) is 6.54 Å². The molecule has 0 spiro atoms. The molecule has 1 aliphatic heterocycles. The van der Waals surface area contributed by atoms with Crippen molar-refractivity contribution in [3.63, 3.8) is 0 Å². The number of carbonyl (C=O) groups excluding carboxylic acids is 1. The summed E-state index contributed by atoms with van der Waals surface area (Å²) in [5.41, 5.74) is 2.59. The first-order valence-electron chi connectivity index (χ1n) is 3.74. The summed E-state index contributed by atoms with van der Waals surface area (Å²) in [5.74, 6) is -0.522. The minimum absolute atomic E-state index is 0.167. The number of hydrazine groups is 1. The van der Waals surface area contributed by atoms with E-state index in [0.717, 1.165) is 4.41 Å². The third kappa shape index (κ3) is 2.51. The van der Waals surface area contributed by atoms with Gasteiger partial charge in [-0.3, -0.25) is 4.79 Å². The average molecular weight is 205 g/mol. The van der Waals surface area contributed by atoms with Crippen LogP contribution in [0.2, 0.25) is 0 Å². The highest BCUT2D eigenvalue weighted by Crippen LogP contribution is 2.00. The third-order valence-electron chi connectivity index (χ3n) is 1.46. The Kier molecular flexibility index (Phi) is 3.02. The summed E-state index contributed by atoms with van der Waals surface area (Å²) < 4.78 is 24.9. The van der Waals surface area contributed by atoms with Gasteiger partial charge in [0.25, 0.3) is 5.91 Å². The zero-order chi connectivity index (χ0) is 9.90. The monoisotopic (exact) mass is 205 g/mol. The van der Waals surface area contributed by atoms with Crippen LogP contribution in [0.25, 0.3) is 0 Å². The van der Waals surface area contributed by atoms with Crippen molar-refractivity contribution in [2.24, 2.45) is 0 Å². The summed E-state index contributed by atoms with van der Waals surface area (Å²) in [4.78, 5) is 10.7. The number of hydrogen-bond donors (Lipinski definition) is 2. The van der Waals surface area contributed by atoms with E-state index >= 15 is 0 Å². The van der Waals surface area contributed by atoms with Gasteiger partial charge >= 0.3 is 10.2 Å². The number of hydrogen-bond acceptors (Lipinski definition) is 4. The van der Waals surface area contributed by atoms with E-state index in [1.807, 2.05) is 4.72 Å². The zero-order valence-corrected chi connectivity index (χ0v) is 7.80. The molecule has 0 radical (unpaired) electrons. The predicted octanol–water partition coefficient (Wildman–Crippen LogP) is -1.26. The second-order valence-electron chi connectivity index (χ2n) is 2.52. The van der Waals surface area contributed by atoms with Gasteiger partial charge in [0.15, 0.2) is 0 Å². The lowest BCUT2D eigenvalue weighted by molar-refractivity contribution is -0.118. The van der Waals surface area contributed by atoms with E-state index in [4.69, 9.17) is 0 Å². The molecule has 0 bridgehead atoms. The van der Waals surface area contributed by atoms with Crippen molar-refractivity contribution in [2.45, 2.75) is 6.42 Å². The summed E-state index contributed by atoms with van der Waals surface area (Å²) in [6, 6.07) is 0. The molecule has 1 aliphatic rings. The summed E-state index contributed by atoms with van der Waals surface area (Å²) in [7, 11) is -3.63. The van der Waals surface area contributed by atoms with Crippen molar-refractivity contribution in [1.29, 1.82) is 0 Å². The first-order valence-corrected chi connectivity index (χ1v) is 5.18. The Labute approximate surface area is 76.8 Å². The Morgan fingerprint density at radius 1 is 1.69 bits per heavy atom. The van der Waals surface area contributed by atoms with Crippen molar-refractivity contribution in [1.82, 2.24) is 14.6 Å². The van der Waals surface area contributed by atoms with Gasteiger partial charge in [0.2, 0.25) is 0 Å². The van der Waals surface area contributed by atoms with E-state index in [-0.39, 0.29) is 6.54 Å². The average Bonchev–Trinajstić information content (AvgIpc) is 2.25. The molecular weight excluding hydrogens is 194 g/mol. The lowest BCUT2D eigenvalue weighted by Gasteiger charge is -2.12. The van der Waals surface area contributed by atoms with Crippen LogP contribution in [-0.4, -0.2) is 31.8 Å². The van der Waals surface area contributed by atoms with Gasteiger partial charge in [-0.1, -0.05) is 6.08 Å². The second-order valence-corrected chi connectivity index (χ2v) is 4.12. The van der Waals surface area contributed by atoms with Crippen LogP contribution in [0.1, 0.15) is 6.42 Å². The van der Waals surface area contributed by atoms with Crippen molar-refractivity contribution in [2.75, 3.05) is 13.1 Å². The maximum absolute atomic E-state index is 11.1. The summed E-state index contributed by atoms with van der Waals surface area (Å²) in [6.45, 7) is 3.76. The van der Waals surface area contributed by atoms with Crippen LogP contribution in [0.3, 0.4) is 0 Å². The molecular formula is C6H11N3O3S. The third-order valence-corrected chi connectivity index (χ3v) is 2.78. The fourth-order valence-corrected chi connectivity index (χ4v) is 1.89. The molecule has 7 heteroatoms. The van der Waals surface area contributed by atoms with E-state index in [1.165, 1.54) is 0 Å². The number of rotatable bonds is 4. The molecule has 0 saturated carbocycles. The number of nitrogens with zero attached hydrogens (tertiary/aromatic N) is 1. The smallest absolute Gasteiger partial charge is 0.272 e. The minimum Gasteiger partial charge on any atom is -0.272 e. The normalized spacial score (nSPS) is 21.4. The van der Waals surface area contributed by atoms with Crippen LogP contribution < -0.4 is 10.1 Å². The Hall–Kier alpha value is -0.920. The van der Waals surface area contributed by atoms with Crippen LogP contribution >= 0.6 is 0 Å². The van der Waals surface area contributed by atoms with Gasteiger partial charge in [-0.15, -0.1) is 11.0 Å². The number of carbonyl (C=O) groups is 1. The minimum atomic E-state index is -3.63. The van der Waals surface area contributed by atoms with E-state index in [1.54, 1.807) is 6.08 Å². The van der Waals surface area contributed by atoms with Gasteiger partial charge in [0, 0.05) is 6.54 Å². The molecule has 0 aromatic heterocycles. The molecule has 6 nitrogen and oxygen atoms in total. The quantitative estimate of drug-likeness (QED) is 0.444. The molecule has 74 valence electrons. The number of nitrogens with one attached hydrogen (secondary N) is 2. The highest BCUT2D eigenvalue weighted by atomic mass is 32.2. The standard InChI is InChI=1S/C6H11N3O3S/c1-2-3-4-7-9-5-6(10)8-13(9,11)12/h2,7H,1,3-5H2,(H,8,10).